The second-order valence-electron chi connectivity index (χ2n) is 6.69. The van der Waals surface area contributed by atoms with Crippen molar-refractivity contribution in [3.05, 3.63) is 58.9 Å². The van der Waals surface area contributed by atoms with Crippen molar-refractivity contribution in [2.45, 2.75) is 40.0 Å². The molecule has 2 N–H and O–H groups in total. The summed E-state index contributed by atoms with van der Waals surface area (Å²) in [6, 6.07) is 13.0. The molecule has 0 fully saturated rings. The molecule has 0 aliphatic carbocycles. The van der Waals surface area contributed by atoms with Gasteiger partial charge in [0.25, 0.3) is 0 Å². The van der Waals surface area contributed by atoms with Crippen molar-refractivity contribution in [3.8, 4) is 0 Å². The van der Waals surface area contributed by atoms with Crippen LogP contribution in [-0.2, 0) is 6.42 Å². The van der Waals surface area contributed by atoms with Gasteiger partial charge in [-0.1, -0.05) is 25.5 Å². The minimum Gasteiger partial charge on any atom is -0.388 e. The SMILES string of the molecule is CCCCc1ccc2nc(/C(C)=C/c3ccc(NC)cc3C)[nH]c2c1. The lowest BCUT2D eigenvalue weighted by molar-refractivity contribution is 0.796. The van der Waals surface area contributed by atoms with E-state index in [0.29, 0.717) is 0 Å². The van der Waals surface area contributed by atoms with Gasteiger partial charge in [-0.2, -0.15) is 0 Å². The van der Waals surface area contributed by atoms with Crippen LogP contribution in [0.1, 0.15) is 49.2 Å². The molecule has 3 rings (SSSR count). The fourth-order valence-corrected chi connectivity index (χ4v) is 3.07. The number of hydrogen-bond acceptors (Lipinski definition) is 2. The van der Waals surface area contributed by atoms with Crippen LogP contribution in [0.4, 0.5) is 5.69 Å². The molecule has 0 atom stereocenters. The quantitative estimate of drug-likeness (QED) is 0.597. The van der Waals surface area contributed by atoms with Crippen molar-refractivity contribution in [1.82, 2.24) is 9.97 Å². The Kier molecular flexibility index (Phi) is 5.22. The van der Waals surface area contributed by atoms with Gasteiger partial charge < -0.3 is 10.3 Å². The standard InChI is InChI=1S/C22H27N3/c1-5-6-7-17-8-11-20-21(14-17)25-22(24-20)16(3)12-18-9-10-19(23-4)13-15(18)2/h8-14,23H,5-7H2,1-4H3,(H,24,25)/b16-12+. The van der Waals surface area contributed by atoms with Crippen molar-refractivity contribution >= 4 is 28.4 Å². The summed E-state index contributed by atoms with van der Waals surface area (Å²) in [5, 5.41) is 3.18. The number of allylic oxidation sites excluding steroid dienone is 1. The van der Waals surface area contributed by atoms with Crippen molar-refractivity contribution in [1.29, 1.82) is 0 Å². The highest BCUT2D eigenvalue weighted by Gasteiger charge is 2.06. The second-order valence-corrected chi connectivity index (χ2v) is 6.69. The van der Waals surface area contributed by atoms with Gasteiger partial charge in [-0.05, 0) is 79.3 Å². The Labute approximate surface area is 150 Å². The van der Waals surface area contributed by atoms with Crippen molar-refractivity contribution < 1.29 is 0 Å². The summed E-state index contributed by atoms with van der Waals surface area (Å²) < 4.78 is 0. The summed E-state index contributed by atoms with van der Waals surface area (Å²) in [5.74, 6) is 0.944. The normalized spacial score (nSPS) is 11.9. The Balaban J connectivity index is 1.89. The molecule has 0 saturated carbocycles. The van der Waals surface area contributed by atoms with Crippen molar-refractivity contribution in [2.24, 2.45) is 0 Å². The predicted molar refractivity (Wildman–Crippen MR) is 109 cm³/mol. The Bertz CT molecular complexity index is 903. The fraction of sp³-hybridized carbons (Fsp3) is 0.318. The van der Waals surface area contributed by atoms with E-state index >= 15 is 0 Å². The number of aromatic nitrogens is 2. The number of aromatic amines is 1. The molecule has 3 heteroatoms. The van der Waals surface area contributed by atoms with Gasteiger partial charge in [0.1, 0.15) is 5.82 Å². The zero-order valence-electron chi connectivity index (χ0n) is 15.6. The first-order chi connectivity index (χ1) is 12.1. The maximum atomic E-state index is 4.76. The number of benzene rings is 2. The zero-order chi connectivity index (χ0) is 17.8. The van der Waals surface area contributed by atoms with Crippen LogP contribution in [0.25, 0.3) is 22.7 Å². The average Bonchev–Trinajstić information content (AvgIpc) is 3.05. The molecular formula is C22H27N3. The van der Waals surface area contributed by atoms with Gasteiger partial charge in [-0.3, -0.25) is 0 Å². The van der Waals surface area contributed by atoms with E-state index in [9.17, 15) is 0 Å². The topological polar surface area (TPSA) is 40.7 Å². The molecule has 0 saturated heterocycles. The highest BCUT2D eigenvalue weighted by Crippen LogP contribution is 2.23. The van der Waals surface area contributed by atoms with E-state index in [1.807, 2.05) is 7.05 Å². The first-order valence-corrected chi connectivity index (χ1v) is 9.06. The van der Waals surface area contributed by atoms with Crippen molar-refractivity contribution in [2.75, 3.05) is 12.4 Å². The third kappa shape index (κ3) is 3.93. The summed E-state index contributed by atoms with van der Waals surface area (Å²) in [6.07, 6.45) is 5.78. The molecule has 3 nitrogen and oxygen atoms in total. The molecular weight excluding hydrogens is 306 g/mol. The summed E-state index contributed by atoms with van der Waals surface area (Å²) in [4.78, 5) is 8.24. The number of aryl methyl sites for hydroxylation is 2. The molecule has 0 amide bonds. The van der Waals surface area contributed by atoms with Crippen LogP contribution in [-0.4, -0.2) is 17.0 Å². The summed E-state index contributed by atoms with van der Waals surface area (Å²) in [7, 11) is 1.94. The van der Waals surface area contributed by atoms with Gasteiger partial charge >= 0.3 is 0 Å². The number of rotatable bonds is 6. The van der Waals surface area contributed by atoms with E-state index in [2.05, 4.69) is 73.5 Å². The van der Waals surface area contributed by atoms with Gasteiger partial charge in [0.2, 0.25) is 0 Å². The van der Waals surface area contributed by atoms with Gasteiger partial charge in [0, 0.05) is 12.7 Å². The largest absolute Gasteiger partial charge is 0.388 e. The van der Waals surface area contributed by atoms with Gasteiger partial charge in [-0.15, -0.1) is 0 Å². The number of nitrogens with one attached hydrogen (secondary N) is 2. The average molecular weight is 333 g/mol. The van der Waals surface area contributed by atoms with E-state index in [0.717, 1.165) is 34.5 Å². The molecule has 130 valence electrons. The van der Waals surface area contributed by atoms with Gasteiger partial charge in [-0.25, -0.2) is 4.98 Å². The summed E-state index contributed by atoms with van der Waals surface area (Å²) >= 11 is 0. The van der Waals surface area contributed by atoms with Crippen LogP contribution < -0.4 is 5.32 Å². The first kappa shape index (κ1) is 17.3. The number of anilines is 1. The molecule has 1 aromatic heterocycles. The lowest BCUT2D eigenvalue weighted by atomic mass is 10.1. The highest BCUT2D eigenvalue weighted by atomic mass is 14.9. The van der Waals surface area contributed by atoms with Gasteiger partial charge in [0.15, 0.2) is 0 Å². The molecule has 0 aliphatic heterocycles. The monoisotopic (exact) mass is 333 g/mol. The highest BCUT2D eigenvalue weighted by molar-refractivity contribution is 5.84. The minimum absolute atomic E-state index is 0.944. The summed E-state index contributed by atoms with van der Waals surface area (Å²) in [6.45, 7) is 6.48. The van der Waals surface area contributed by atoms with Crippen LogP contribution in [0.15, 0.2) is 36.4 Å². The van der Waals surface area contributed by atoms with Gasteiger partial charge in [0.05, 0.1) is 11.0 Å². The van der Waals surface area contributed by atoms with Crippen LogP contribution in [0, 0.1) is 6.92 Å². The molecule has 0 radical (unpaired) electrons. The van der Waals surface area contributed by atoms with E-state index in [-0.39, 0.29) is 0 Å². The molecule has 3 aromatic rings. The first-order valence-electron chi connectivity index (χ1n) is 9.06. The zero-order valence-corrected chi connectivity index (χ0v) is 15.6. The van der Waals surface area contributed by atoms with Crippen LogP contribution in [0.2, 0.25) is 0 Å². The van der Waals surface area contributed by atoms with E-state index in [1.165, 1.54) is 29.5 Å². The smallest absolute Gasteiger partial charge is 0.134 e. The third-order valence-electron chi connectivity index (χ3n) is 4.67. The number of fused-ring (bicyclic) bond motifs is 1. The molecule has 0 bridgehead atoms. The Morgan fingerprint density at radius 1 is 1.20 bits per heavy atom. The molecule has 2 aromatic carbocycles. The minimum atomic E-state index is 0.944. The number of H-pyrrole nitrogens is 1. The molecule has 0 spiro atoms. The lowest BCUT2D eigenvalue weighted by Crippen LogP contribution is -1.90. The Morgan fingerprint density at radius 3 is 2.76 bits per heavy atom. The van der Waals surface area contributed by atoms with E-state index < -0.39 is 0 Å². The number of imidazole rings is 1. The Hall–Kier alpha value is -2.55. The maximum absolute atomic E-state index is 4.76. The number of nitrogens with zero attached hydrogens (tertiary/aromatic N) is 1. The van der Waals surface area contributed by atoms with Crippen LogP contribution >= 0.6 is 0 Å². The molecule has 0 unspecified atom stereocenters. The number of hydrogen-bond donors (Lipinski definition) is 2. The van der Waals surface area contributed by atoms with Crippen molar-refractivity contribution in [3.63, 3.8) is 0 Å². The van der Waals surface area contributed by atoms with E-state index in [4.69, 9.17) is 4.98 Å². The molecule has 25 heavy (non-hydrogen) atoms. The molecule has 0 aliphatic rings. The second kappa shape index (κ2) is 7.56. The third-order valence-corrected chi connectivity index (χ3v) is 4.67. The lowest BCUT2D eigenvalue weighted by Gasteiger charge is -2.06. The van der Waals surface area contributed by atoms with Crippen LogP contribution in [0.3, 0.4) is 0 Å². The Morgan fingerprint density at radius 2 is 2.04 bits per heavy atom. The maximum Gasteiger partial charge on any atom is 0.134 e. The van der Waals surface area contributed by atoms with E-state index in [1.54, 1.807) is 0 Å². The number of unbranched alkanes of at least 4 members (excludes halogenated alkanes) is 1. The van der Waals surface area contributed by atoms with Crippen LogP contribution in [0.5, 0.6) is 0 Å². The predicted octanol–water partition coefficient (Wildman–Crippen LogP) is 5.82. The summed E-state index contributed by atoms with van der Waals surface area (Å²) in [5.41, 5.74) is 8.29. The fourth-order valence-electron chi connectivity index (χ4n) is 3.07. The molecule has 1 heterocycles.